The second-order valence-electron chi connectivity index (χ2n) is 10.1. The number of likely N-dealkylation sites (N-methyl/N-ethyl adjacent to an activating group) is 1. The van der Waals surface area contributed by atoms with Crippen molar-refractivity contribution in [3.63, 3.8) is 0 Å². The molecule has 5 nitrogen and oxygen atoms in total. The zero-order valence-electron chi connectivity index (χ0n) is 23.3. The van der Waals surface area contributed by atoms with Gasteiger partial charge in [-0.3, -0.25) is 9.59 Å². The number of nitrogens with one attached hydrogen (secondary N) is 2. The highest BCUT2D eigenvalue weighted by atomic mass is 16.2. The summed E-state index contributed by atoms with van der Waals surface area (Å²) >= 11 is 0. The fraction of sp³-hybridized carbons (Fsp3) is 0.257. The Morgan fingerprint density at radius 1 is 0.700 bits per heavy atom. The normalized spacial score (nSPS) is 11.7. The second-order valence-corrected chi connectivity index (χ2v) is 10.1. The Labute approximate surface area is 238 Å². The first-order chi connectivity index (χ1) is 19.6. The Morgan fingerprint density at radius 2 is 1.27 bits per heavy atom. The number of carbonyl (C=O) groups is 2. The first-order valence-electron chi connectivity index (χ1n) is 14.1. The molecule has 0 aliphatic rings. The number of hydrogen-bond donors (Lipinski definition) is 2. The number of benzene rings is 4. The van der Waals surface area contributed by atoms with Gasteiger partial charge in [0.1, 0.15) is 6.04 Å². The van der Waals surface area contributed by atoms with E-state index in [0.29, 0.717) is 18.5 Å². The fourth-order valence-electron chi connectivity index (χ4n) is 4.80. The van der Waals surface area contributed by atoms with Gasteiger partial charge in [-0.25, -0.2) is 0 Å². The molecule has 4 aromatic carbocycles. The van der Waals surface area contributed by atoms with Crippen LogP contribution in [0.4, 0.5) is 0 Å². The van der Waals surface area contributed by atoms with Gasteiger partial charge in [-0.1, -0.05) is 109 Å². The summed E-state index contributed by atoms with van der Waals surface area (Å²) in [6.45, 7) is 2.30. The third-order valence-electron chi connectivity index (χ3n) is 7.09. The Hall–Kier alpha value is -4.22. The number of rotatable bonds is 14. The molecule has 5 heteroatoms. The molecule has 0 bridgehead atoms. The van der Waals surface area contributed by atoms with E-state index in [-0.39, 0.29) is 11.8 Å². The Balaban J connectivity index is 1.38. The summed E-state index contributed by atoms with van der Waals surface area (Å²) in [4.78, 5) is 29.1. The zero-order chi connectivity index (χ0) is 28.0. The highest BCUT2D eigenvalue weighted by Crippen LogP contribution is 2.23. The lowest BCUT2D eigenvalue weighted by molar-refractivity contribution is -0.123. The predicted octanol–water partition coefficient (Wildman–Crippen LogP) is 5.77. The standard InChI is InChI=1S/C35H39N3O2/c1-38(27-24-29-16-7-3-8-17-29)26-13-22-33(35(40)36-25-23-28-14-5-2-6-15-28)37-34(39)32-21-12-11-20-31(32)30-18-9-4-10-19-30/h2-12,14-21,33H,13,22-27H2,1H3,(H,36,40)(H,37,39)/t33-/m0/s1. The molecule has 0 heterocycles. The highest BCUT2D eigenvalue weighted by molar-refractivity contribution is 6.02. The summed E-state index contributed by atoms with van der Waals surface area (Å²) < 4.78 is 0. The van der Waals surface area contributed by atoms with Crippen LogP contribution in [0.3, 0.4) is 0 Å². The van der Waals surface area contributed by atoms with E-state index >= 15 is 0 Å². The lowest BCUT2D eigenvalue weighted by Gasteiger charge is -2.22. The SMILES string of the molecule is CN(CCC[C@H](NC(=O)c1ccccc1-c1ccccc1)C(=O)NCCc1ccccc1)CCc1ccccc1. The molecule has 0 aromatic heterocycles. The van der Waals surface area contributed by atoms with Crippen LogP contribution in [0.2, 0.25) is 0 Å². The molecular formula is C35H39N3O2. The van der Waals surface area contributed by atoms with E-state index in [1.807, 2.05) is 78.9 Å². The van der Waals surface area contributed by atoms with Crippen LogP contribution in [0.5, 0.6) is 0 Å². The maximum absolute atomic E-state index is 13.5. The molecule has 0 spiro atoms. The molecular weight excluding hydrogens is 494 g/mol. The van der Waals surface area contributed by atoms with E-state index in [1.165, 1.54) is 11.1 Å². The minimum atomic E-state index is -0.616. The van der Waals surface area contributed by atoms with Crippen molar-refractivity contribution >= 4 is 11.8 Å². The van der Waals surface area contributed by atoms with E-state index in [4.69, 9.17) is 0 Å². The van der Waals surface area contributed by atoms with Crippen molar-refractivity contribution in [1.82, 2.24) is 15.5 Å². The summed E-state index contributed by atoms with van der Waals surface area (Å²) in [6, 6.07) is 37.3. The third kappa shape index (κ3) is 8.92. The molecule has 0 unspecified atom stereocenters. The van der Waals surface area contributed by atoms with Gasteiger partial charge in [-0.15, -0.1) is 0 Å². The molecule has 0 aliphatic heterocycles. The van der Waals surface area contributed by atoms with Crippen molar-refractivity contribution in [2.45, 2.75) is 31.7 Å². The lowest BCUT2D eigenvalue weighted by Crippen LogP contribution is -2.47. The average Bonchev–Trinajstić information content (AvgIpc) is 3.01. The Kier molecular flexibility index (Phi) is 11.1. The average molecular weight is 534 g/mol. The number of amides is 2. The summed E-state index contributed by atoms with van der Waals surface area (Å²) in [5.74, 6) is -0.381. The van der Waals surface area contributed by atoms with Gasteiger partial charge < -0.3 is 15.5 Å². The van der Waals surface area contributed by atoms with Crippen LogP contribution in [0.15, 0.2) is 115 Å². The highest BCUT2D eigenvalue weighted by Gasteiger charge is 2.22. The van der Waals surface area contributed by atoms with E-state index in [2.05, 4.69) is 59.0 Å². The molecule has 1 atom stereocenters. The van der Waals surface area contributed by atoms with Crippen LogP contribution < -0.4 is 10.6 Å². The number of nitrogens with zero attached hydrogens (tertiary/aromatic N) is 1. The zero-order valence-corrected chi connectivity index (χ0v) is 23.3. The monoisotopic (exact) mass is 533 g/mol. The quantitative estimate of drug-likeness (QED) is 0.217. The molecule has 0 fully saturated rings. The summed E-state index contributed by atoms with van der Waals surface area (Å²) in [5, 5.41) is 6.11. The second kappa shape index (κ2) is 15.4. The molecule has 2 amide bonds. The van der Waals surface area contributed by atoms with E-state index in [0.717, 1.165) is 43.5 Å². The molecule has 0 radical (unpaired) electrons. The molecule has 2 N–H and O–H groups in total. The predicted molar refractivity (Wildman–Crippen MR) is 163 cm³/mol. The molecule has 0 saturated heterocycles. The largest absolute Gasteiger partial charge is 0.354 e. The van der Waals surface area contributed by atoms with Crippen molar-refractivity contribution in [2.75, 3.05) is 26.7 Å². The van der Waals surface area contributed by atoms with Gasteiger partial charge >= 0.3 is 0 Å². The van der Waals surface area contributed by atoms with Crippen molar-refractivity contribution in [2.24, 2.45) is 0 Å². The van der Waals surface area contributed by atoms with Crippen LogP contribution in [0.25, 0.3) is 11.1 Å². The summed E-state index contributed by atoms with van der Waals surface area (Å²) in [7, 11) is 2.10. The maximum Gasteiger partial charge on any atom is 0.252 e. The van der Waals surface area contributed by atoms with E-state index < -0.39 is 6.04 Å². The van der Waals surface area contributed by atoms with Gasteiger partial charge in [0, 0.05) is 18.7 Å². The molecule has 206 valence electrons. The fourth-order valence-corrected chi connectivity index (χ4v) is 4.80. The maximum atomic E-state index is 13.5. The van der Waals surface area contributed by atoms with Crippen LogP contribution in [0, 0.1) is 0 Å². The van der Waals surface area contributed by atoms with Crippen molar-refractivity contribution < 1.29 is 9.59 Å². The Bertz CT molecular complexity index is 1330. The van der Waals surface area contributed by atoms with Crippen molar-refractivity contribution in [3.05, 3.63) is 132 Å². The van der Waals surface area contributed by atoms with E-state index in [9.17, 15) is 9.59 Å². The number of hydrogen-bond acceptors (Lipinski definition) is 3. The first-order valence-corrected chi connectivity index (χ1v) is 14.1. The minimum Gasteiger partial charge on any atom is -0.354 e. The van der Waals surface area contributed by atoms with E-state index in [1.54, 1.807) is 0 Å². The minimum absolute atomic E-state index is 0.145. The molecule has 0 saturated carbocycles. The summed E-state index contributed by atoms with van der Waals surface area (Å²) in [5.41, 5.74) is 4.87. The van der Waals surface area contributed by atoms with Crippen LogP contribution in [0.1, 0.15) is 34.3 Å². The van der Waals surface area contributed by atoms with Gasteiger partial charge in [0.2, 0.25) is 5.91 Å². The smallest absolute Gasteiger partial charge is 0.252 e. The molecule has 40 heavy (non-hydrogen) atoms. The van der Waals surface area contributed by atoms with Crippen molar-refractivity contribution in [1.29, 1.82) is 0 Å². The van der Waals surface area contributed by atoms with Crippen LogP contribution in [-0.4, -0.2) is 49.4 Å². The van der Waals surface area contributed by atoms with Gasteiger partial charge in [-0.2, -0.15) is 0 Å². The lowest BCUT2D eigenvalue weighted by atomic mass is 9.98. The van der Waals surface area contributed by atoms with Gasteiger partial charge in [-0.05, 0) is 67.6 Å². The first kappa shape index (κ1) is 28.8. The molecule has 4 rings (SSSR count). The molecule has 0 aliphatic carbocycles. The van der Waals surface area contributed by atoms with Gasteiger partial charge in [0.15, 0.2) is 0 Å². The third-order valence-corrected chi connectivity index (χ3v) is 7.09. The molecule has 4 aromatic rings. The summed E-state index contributed by atoms with van der Waals surface area (Å²) in [6.07, 6.45) is 3.08. The topological polar surface area (TPSA) is 61.4 Å². The van der Waals surface area contributed by atoms with Crippen LogP contribution in [-0.2, 0) is 17.6 Å². The van der Waals surface area contributed by atoms with Gasteiger partial charge in [0.05, 0.1) is 0 Å². The van der Waals surface area contributed by atoms with Gasteiger partial charge in [0.25, 0.3) is 5.91 Å². The van der Waals surface area contributed by atoms with Crippen molar-refractivity contribution in [3.8, 4) is 11.1 Å². The Morgan fingerprint density at radius 3 is 1.95 bits per heavy atom. The van der Waals surface area contributed by atoms with Crippen LogP contribution >= 0.6 is 0 Å². The number of carbonyl (C=O) groups excluding carboxylic acids is 2.